The summed E-state index contributed by atoms with van der Waals surface area (Å²) in [4.78, 5) is 12.9. The maximum atomic E-state index is 12.9. The van der Waals surface area contributed by atoms with Crippen molar-refractivity contribution in [1.82, 2.24) is 10.2 Å². The highest BCUT2D eigenvalue weighted by Gasteiger charge is 2.39. The van der Waals surface area contributed by atoms with Crippen LogP contribution in [0.1, 0.15) is 12.0 Å². The molecule has 1 aliphatic rings. The Balaban J connectivity index is 2.31. The number of ether oxygens (including phenoxy) is 1. The summed E-state index contributed by atoms with van der Waals surface area (Å²) in [5.41, 5.74) is -2.55. The van der Waals surface area contributed by atoms with E-state index >= 15 is 0 Å². The summed E-state index contributed by atoms with van der Waals surface area (Å²) in [6, 6.07) is 0. The number of rotatable bonds is 3. The molecule has 2 rings (SSSR count). The lowest BCUT2D eigenvalue weighted by atomic mass is 10.1. The molecule has 1 saturated heterocycles. The molecule has 1 atom stereocenters. The Hall–Kier alpha value is -1.57. The molecule has 1 N–H and O–H groups in total. The van der Waals surface area contributed by atoms with Crippen LogP contribution in [0.25, 0.3) is 0 Å². The molecule has 19 heavy (non-hydrogen) atoms. The van der Waals surface area contributed by atoms with Crippen molar-refractivity contribution in [3.8, 4) is 0 Å². The van der Waals surface area contributed by atoms with Gasteiger partial charge >= 0.3 is 6.18 Å². The molecule has 1 aromatic rings. The number of hydrogen-bond acceptors (Lipinski definition) is 4. The van der Waals surface area contributed by atoms with Crippen LogP contribution >= 0.6 is 0 Å². The zero-order valence-electron chi connectivity index (χ0n) is 10.3. The van der Waals surface area contributed by atoms with Crippen molar-refractivity contribution in [2.45, 2.75) is 12.6 Å². The fraction of sp³-hybridized carbons (Fsp3) is 0.636. The number of methoxy groups -OCH3 is 1. The first-order chi connectivity index (χ1) is 8.93. The molecule has 0 radical (unpaired) electrons. The molecule has 5 nitrogen and oxygen atoms in total. The van der Waals surface area contributed by atoms with Crippen LogP contribution in [0.3, 0.4) is 0 Å². The Morgan fingerprint density at radius 3 is 2.95 bits per heavy atom. The summed E-state index contributed by atoms with van der Waals surface area (Å²) >= 11 is 0. The minimum absolute atomic E-state index is 0.158. The average Bonchev–Trinajstić information content (AvgIpc) is 2.76. The first-order valence-corrected chi connectivity index (χ1v) is 5.82. The van der Waals surface area contributed by atoms with Crippen molar-refractivity contribution in [1.29, 1.82) is 0 Å². The van der Waals surface area contributed by atoms with Gasteiger partial charge in [-0.1, -0.05) is 0 Å². The molecule has 0 spiro atoms. The average molecular weight is 277 g/mol. The van der Waals surface area contributed by atoms with E-state index in [1.54, 1.807) is 7.11 Å². The van der Waals surface area contributed by atoms with Crippen LogP contribution in [0.15, 0.2) is 11.0 Å². The lowest BCUT2D eigenvalue weighted by Crippen LogP contribution is -2.30. The van der Waals surface area contributed by atoms with E-state index < -0.39 is 17.3 Å². The van der Waals surface area contributed by atoms with E-state index in [2.05, 4.69) is 5.10 Å². The van der Waals surface area contributed by atoms with Crippen LogP contribution in [0, 0.1) is 5.92 Å². The summed E-state index contributed by atoms with van der Waals surface area (Å²) in [6.45, 7) is 1.39. The predicted octanol–water partition coefficient (Wildman–Crippen LogP) is 1.26. The molecule has 1 aliphatic heterocycles. The normalized spacial score (nSPS) is 20.0. The van der Waals surface area contributed by atoms with E-state index in [-0.39, 0.29) is 11.6 Å². The quantitative estimate of drug-likeness (QED) is 0.903. The van der Waals surface area contributed by atoms with Crippen molar-refractivity contribution in [3.63, 3.8) is 0 Å². The standard InChI is InChI=1S/C11H14F3N3O2/c1-19-6-7-2-3-17(5-7)8-4-15-16-10(18)9(8)11(12,13)14/h4,7H,2-3,5-6H2,1H3,(H,16,18). The predicted molar refractivity (Wildman–Crippen MR) is 62.1 cm³/mol. The van der Waals surface area contributed by atoms with Gasteiger partial charge in [0.15, 0.2) is 0 Å². The van der Waals surface area contributed by atoms with Gasteiger partial charge in [-0.3, -0.25) is 4.79 Å². The van der Waals surface area contributed by atoms with Gasteiger partial charge in [0, 0.05) is 26.1 Å². The van der Waals surface area contributed by atoms with Gasteiger partial charge in [0.05, 0.1) is 18.5 Å². The van der Waals surface area contributed by atoms with Crippen molar-refractivity contribution in [2.24, 2.45) is 5.92 Å². The van der Waals surface area contributed by atoms with Crippen molar-refractivity contribution < 1.29 is 17.9 Å². The maximum absolute atomic E-state index is 12.9. The second kappa shape index (κ2) is 5.20. The second-order valence-corrected chi connectivity index (χ2v) is 4.51. The van der Waals surface area contributed by atoms with Gasteiger partial charge in [-0.05, 0) is 6.42 Å². The highest BCUT2D eigenvalue weighted by molar-refractivity contribution is 5.52. The third-order valence-corrected chi connectivity index (χ3v) is 3.15. The molecule has 0 aliphatic carbocycles. The van der Waals surface area contributed by atoms with Crippen molar-refractivity contribution in [3.05, 3.63) is 22.1 Å². The molecule has 0 bridgehead atoms. The molecule has 106 valence electrons. The number of anilines is 1. The van der Waals surface area contributed by atoms with Gasteiger partial charge in [-0.25, -0.2) is 5.10 Å². The van der Waals surface area contributed by atoms with E-state index in [1.165, 1.54) is 4.90 Å². The summed E-state index contributed by atoms with van der Waals surface area (Å²) < 4.78 is 43.7. The van der Waals surface area contributed by atoms with Crippen molar-refractivity contribution in [2.75, 3.05) is 31.7 Å². The van der Waals surface area contributed by atoms with E-state index in [0.29, 0.717) is 19.7 Å². The SMILES string of the molecule is COCC1CCN(c2cn[nH]c(=O)c2C(F)(F)F)C1. The van der Waals surface area contributed by atoms with Crippen LogP contribution in [0.4, 0.5) is 18.9 Å². The number of H-pyrrole nitrogens is 1. The van der Waals surface area contributed by atoms with Crippen LogP contribution in [0.2, 0.25) is 0 Å². The minimum atomic E-state index is -4.69. The summed E-state index contributed by atoms with van der Waals surface area (Å²) in [5.74, 6) is 0.172. The number of nitrogens with one attached hydrogen (secondary N) is 1. The number of halogens is 3. The maximum Gasteiger partial charge on any atom is 0.423 e. The van der Waals surface area contributed by atoms with Gasteiger partial charge in [0.25, 0.3) is 5.56 Å². The molecule has 1 unspecified atom stereocenters. The Morgan fingerprint density at radius 1 is 1.58 bits per heavy atom. The summed E-state index contributed by atoms with van der Waals surface area (Å²) in [5, 5.41) is 5.29. The Labute approximate surface area is 107 Å². The number of hydrogen-bond donors (Lipinski definition) is 1. The molecule has 0 saturated carbocycles. The van der Waals surface area contributed by atoms with E-state index in [1.807, 2.05) is 5.10 Å². The monoisotopic (exact) mass is 277 g/mol. The summed E-state index contributed by atoms with van der Waals surface area (Å²) in [6.07, 6.45) is -2.90. The number of aromatic amines is 1. The molecule has 1 fully saturated rings. The molecule has 0 amide bonds. The van der Waals surface area contributed by atoms with Crippen LogP contribution in [-0.4, -0.2) is 37.0 Å². The molecular weight excluding hydrogens is 263 g/mol. The van der Waals surface area contributed by atoms with E-state index in [4.69, 9.17) is 4.74 Å². The Kier molecular flexibility index (Phi) is 3.79. The lowest BCUT2D eigenvalue weighted by Gasteiger charge is -2.21. The highest BCUT2D eigenvalue weighted by atomic mass is 19.4. The van der Waals surface area contributed by atoms with Crippen LogP contribution < -0.4 is 10.5 Å². The zero-order chi connectivity index (χ0) is 14.0. The van der Waals surface area contributed by atoms with E-state index in [9.17, 15) is 18.0 Å². The zero-order valence-corrected chi connectivity index (χ0v) is 10.3. The van der Waals surface area contributed by atoms with Gasteiger partial charge in [0.1, 0.15) is 5.56 Å². The Morgan fingerprint density at radius 2 is 2.32 bits per heavy atom. The van der Waals surface area contributed by atoms with Gasteiger partial charge in [-0.15, -0.1) is 0 Å². The van der Waals surface area contributed by atoms with Gasteiger partial charge in [-0.2, -0.15) is 18.3 Å². The topological polar surface area (TPSA) is 58.2 Å². The third-order valence-electron chi connectivity index (χ3n) is 3.15. The molecule has 8 heteroatoms. The minimum Gasteiger partial charge on any atom is -0.384 e. The molecule has 0 aromatic carbocycles. The third kappa shape index (κ3) is 2.89. The van der Waals surface area contributed by atoms with Crippen LogP contribution in [-0.2, 0) is 10.9 Å². The largest absolute Gasteiger partial charge is 0.423 e. The Bertz CT molecular complexity index is 501. The second-order valence-electron chi connectivity index (χ2n) is 4.51. The fourth-order valence-corrected chi connectivity index (χ4v) is 2.33. The summed E-state index contributed by atoms with van der Waals surface area (Å²) in [7, 11) is 1.55. The number of alkyl halides is 3. The lowest BCUT2D eigenvalue weighted by molar-refractivity contribution is -0.138. The molecule has 2 heterocycles. The molecule has 1 aromatic heterocycles. The number of aromatic nitrogens is 2. The molecular formula is C11H14F3N3O2. The van der Waals surface area contributed by atoms with Gasteiger partial charge in [0.2, 0.25) is 0 Å². The fourth-order valence-electron chi connectivity index (χ4n) is 2.33. The highest BCUT2D eigenvalue weighted by Crippen LogP contribution is 2.35. The van der Waals surface area contributed by atoms with Crippen LogP contribution in [0.5, 0.6) is 0 Å². The van der Waals surface area contributed by atoms with Crippen molar-refractivity contribution >= 4 is 5.69 Å². The van der Waals surface area contributed by atoms with Gasteiger partial charge < -0.3 is 9.64 Å². The first-order valence-electron chi connectivity index (χ1n) is 5.82. The smallest absolute Gasteiger partial charge is 0.384 e. The number of nitrogens with zero attached hydrogens (tertiary/aromatic N) is 2. The van der Waals surface area contributed by atoms with E-state index in [0.717, 1.165) is 12.6 Å². The first kappa shape index (κ1) is 13.9.